The van der Waals surface area contributed by atoms with Gasteiger partial charge in [-0.2, -0.15) is 11.8 Å². The zero-order chi connectivity index (χ0) is 17.1. The summed E-state index contributed by atoms with van der Waals surface area (Å²) in [5.74, 6) is 2.69. The zero-order valence-electron chi connectivity index (χ0n) is 15.5. The highest BCUT2D eigenvalue weighted by Gasteiger charge is 2.31. The van der Waals surface area contributed by atoms with E-state index >= 15 is 0 Å². The van der Waals surface area contributed by atoms with E-state index in [2.05, 4.69) is 44.1 Å². The van der Waals surface area contributed by atoms with Crippen LogP contribution >= 0.6 is 23.4 Å². The van der Waals surface area contributed by atoms with Crippen molar-refractivity contribution in [2.75, 3.05) is 37.7 Å². The summed E-state index contributed by atoms with van der Waals surface area (Å²) in [6.07, 6.45) is 13.2. The molecule has 0 saturated carbocycles. The molecule has 23 heavy (non-hydrogen) atoms. The quantitative estimate of drug-likeness (QED) is 0.199. The van der Waals surface area contributed by atoms with Crippen LogP contribution in [-0.2, 0) is 4.74 Å². The molecule has 0 fully saturated rings. The Kier molecular flexibility index (Phi) is 10.9. The van der Waals surface area contributed by atoms with E-state index in [0.29, 0.717) is 17.4 Å². The molecule has 0 radical (unpaired) electrons. The molecule has 136 valence electrons. The molecule has 0 N–H and O–H groups in total. The van der Waals surface area contributed by atoms with E-state index in [1.165, 1.54) is 31.4 Å². The molecule has 0 bridgehead atoms. The molecule has 2 atom stereocenters. The predicted molar refractivity (Wildman–Crippen MR) is 106 cm³/mol. The van der Waals surface area contributed by atoms with Crippen LogP contribution in [0.2, 0.25) is 0 Å². The Balaban J connectivity index is 2.40. The molecular formula is C19H36ClNOS. The minimum atomic E-state index is 0.302. The monoisotopic (exact) mass is 361 g/mol. The van der Waals surface area contributed by atoms with E-state index in [0.717, 1.165) is 32.1 Å². The number of thioether (sulfide) groups is 1. The number of nitrogens with zero attached hydrogens (tertiary/aromatic N) is 1. The van der Waals surface area contributed by atoms with E-state index < -0.39 is 0 Å². The molecule has 1 aliphatic rings. The van der Waals surface area contributed by atoms with Gasteiger partial charge >= 0.3 is 0 Å². The van der Waals surface area contributed by atoms with Crippen molar-refractivity contribution < 1.29 is 4.74 Å². The third-order valence-corrected chi connectivity index (χ3v) is 5.91. The number of halogens is 1. The van der Waals surface area contributed by atoms with Gasteiger partial charge in [-0.25, -0.2) is 0 Å². The lowest BCUT2D eigenvalue weighted by molar-refractivity contribution is -0.00825. The molecule has 0 aromatic rings. The van der Waals surface area contributed by atoms with Crippen molar-refractivity contribution in [2.45, 2.75) is 59.0 Å². The van der Waals surface area contributed by atoms with Gasteiger partial charge in [-0.3, -0.25) is 4.90 Å². The lowest BCUT2D eigenvalue weighted by Crippen LogP contribution is -2.33. The van der Waals surface area contributed by atoms with Crippen LogP contribution in [0.1, 0.15) is 52.9 Å². The van der Waals surface area contributed by atoms with Gasteiger partial charge in [-0.1, -0.05) is 19.1 Å². The average Bonchev–Trinajstić information content (AvgIpc) is 2.52. The van der Waals surface area contributed by atoms with Crippen molar-refractivity contribution in [2.24, 2.45) is 11.3 Å². The summed E-state index contributed by atoms with van der Waals surface area (Å²) >= 11 is 8.27. The summed E-state index contributed by atoms with van der Waals surface area (Å²) in [6.45, 7) is 9.55. The average molecular weight is 362 g/mol. The lowest BCUT2D eigenvalue weighted by atomic mass is 9.72. The Bertz CT molecular complexity index is 337. The Morgan fingerprint density at radius 2 is 2.09 bits per heavy atom. The predicted octanol–water partition coefficient (Wildman–Crippen LogP) is 5.42. The summed E-state index contributed by atoms with van der Waals surface area (Å²) in [5, 5.41) is 0. The molecule has 1 rings (SSSR count). The van der Waals surface area contributed by atoms with Crippen molar-refractivity contribution >= 4 is 23.4 Å². The molecule has 1 unspecified atom stereocenters. The molecule has 2 nitrogen and oxygen atoms in total. The Morgan fingerprint density at radius 1 is 1.35 bits per heavy atom. The van der Waals surface area contributed by atoms with Gasteiger partial charge in [0.15, 0.2) is 0 Å². The van der Waals surface area contributed by atoms with E-state index in [9.17, 15) is 0 Å². The van der Waals surface area contributed by atoms with Gasteiger partial charge < -0.3 is 4.74 Å². The van der Waals surface area contributed by atoms with Crippen LogP contribution in [0.3, 0.4) is 0 Å². The normalized spacial score (nSPS) is 24.7. The van der Waals surface area contributed by atoms with Crippen molar-refractivity contribution in [1.82, 2.24) is 4.90 Å². The van der Waals surface area contributed by atoms with E-state index in [1.54, 1.807) is 0 Å². The van der Waals surface area contributed by atoms with Crippen LogP contribution in [0, 0.1) is 11.3 Å². The third kappa shape index (κ3) is 8.81. The molecule has 0 aliphatic heterocycles. The molecular weight excluding hydrogens is 326 g/mol. The fourth-order valence-corrected chi connectivity index (χ4v) is 4.14. The fourth-order valence-electron chi connectivity index (χ4n) is 3.37. The van der Waals surface area contributed by atoms with Crippen LogP contribution in [-0.4, -0.2) is 48.7 Å². The highest BCUT2D eigenvalue weighted by Crippen LogP contribution is 2.40. The van der Waals surface area contributed by atoms with Crippen molar-refractivity contribution in [3.8, 4) is 0 Å². The fraction of sp³-hybridized carbons (Fsp3) is 0.895. The first-order valence-electron chi connectivity index (χ1n) is 9.07. The van der Waals surface area contributed by atoms with Crippen LogP contribution in [0.15, 0.2) is 12.2 Å². The number of ether oxygens (including phenoxy) is 1. The van der Waals surface area contributed by atoms with Gasteiger partial charge in [0.25, 0.3) is 0 Å². The molecule has 0 amide bonds. The smallest absolute Gasteiger partial charge is 0.0993 e. The number of allylic oxidation sites excluding steroid dienone is 2. The van der Waals surface area contributed by atoms with Crippen molar-refractivity contribution in [3.05, 3.63) is 12.2 Å². The molecule has 1 aliphatic carbocycles. The van der Waals surface area contributed by atoms with Crippen LogP contribution < -0.4 is 0 Å². The number of hydrogen-bond donors (Lipinski definition) is 0. The SMILES string of the molecule is CSCCCN(CCCC1(CCl)CC=C[C@@H](C)C1)COC(C)C. The molecule has 0 spiro atoms. The Labute approximate surface area is 153 Å². The standard InChI is InChI=1S/C19H36ClNOS/c1-17(2)22-16-21(12-7-13-23-4)11-6-10-19(15-20)9-5-8-18(3)14-19/h5,8,17-18H,6-7,9-16H2,1-4H3/t18-,19?/m1/s1. The summed E-state index contributed by atoms with van der Waals surface area (Å²) in [7, 11) is 0. The first kappa shape index (κ1) is 21.3. The molecule has 0 aromatic carbocycles. The summed E-state index contributed by atoms with van der Waals surface area (Å²) in [5.41, 5.74) is 0.319. The minimum absolute atomic E-state index is 0.302. The highest BCUT2D eigenvalue weighted by molar-refractivity contribution is 7.98. The van der Waals surface area contributed by atoms with Gasteiger partial charge in [0.05, 0.1) is 12.8 Å². The maximum Gasteiger partial charge on any atom is 0.0993 e. The number of rotatable bonds is 12. The second-order valence-electron chi connectivity index (χ2n) is 7.36. The highest BCUT2D eigenvalue weighted by atomic mass is 35.5. The van der Waals surface area contributed by atoms with Crippen molar-refractivity contribution in [1.29, 1.82) is 0 Å². The number of hydrogen-bond acceptors (Lipinski definition) is 3. The van der Waals surface area contributed by atoms with Gasteiger partial charge in [0.2, 0.25) is 0 Å². The second-order valence-corrected chi connectivity index (χ2v) is 8.61. The van der Waals surface area contributed by atoms with Crippen LogP contribution in [0.25, 0.3) is 0 Å². The van der Waals surface area contributed by atoms with Crippen LogP contribution in [0.5, 0.6) is 0 Å². The van der Waals surface area contributed by atoms with Crippen LogP contribution in [0.4, 0.5) is 0 Å². The van der Waals surface area contributed by atoms with E-state index in [4.69, 9.17) is 16.3 Å². The number of alkyl halides is 1. The van der Waals surface area contributed by atoms with Gasteiger partial charge in [0, 0.05) is 19.0 Å². The largest absolute Gasteiger partial charge is 0.363 e. The van der Waals surface area contributed by atoms with Gasteiger partial charge in [-0.15, -0.1) is 11.6 Å². The topological polar surface area (TPSA) is 12.5 Å². The van der Waals surface area contributed by atoms with Gasteiger partial charge in [-0.05, 0) is 69.3 Å². The zero-order valence-corrected chi connectivity index (χ0v) is 17.1. The summed E-state index contributed by atoms with van der Waals surface area (Å²) in [4.78, 5) is 2.47. The molecule has 4 heteroatoms. The maximum absolute atomic E-state index is 6.35. The minimum Gasteiger partial charge on any atom is -0.363 e. The summed E-state index contributed by atoms with van der Waals surface area (Å²) in [6, 6.07) is 0. The first-order chi connectivity index (χ1) is 11.0. The van der Waals surface area contributed by atoms with E-state index in [-0.39, 0.29) is 0 Å². The first-order valence-corrected chi connectivity index (χ1v) is 11.0. The van der Waals surface area contributed by atoms with Gasteiger partial charge in [0.1, 0.15) is 0 Å². The summed E-state index contributed by atoms with van der Waals surface area (Å²) < 4.78 is 5.83. The van der Waals surface area contributed by atoms with E-state index in [1.807, 2.05) is 11.8 Å². The molecule has 0 heterocycles. The maximum atomic E-state index is 6.35. The Hall–Kier alpha value is 0.300. The van der Waals surface area contributed by atoms with Crippen molar-refractivity contribution in [3.63, 3.8) is 0 Å². The molecule has 0 saturated heterocycles. The second kappa shape index (κ2) is 11.8. The Morgan fingerprint density at radius 3 is 2.70 bits per heavy atom. The molecule has 0 aromatic heterocycles. The lowest BCUT2D eigenvalue weighted by Gasteiger charge is -2.36. The third-order valence-electron chi connectivity index (χ3n) is 4.65.